The summed E-state index contributed by atoms with van der Waals surface area (Å²) in [6.07, 6.45) is -0.415. The third-order valence-corrected chi connectivity index (χ3v) is 3.17. The molecule has 1 heterocycles. The number of amides is 2. The van der Waals surface area contributed by atoms with Gasteiger partial charge in [0.15, 0.2) is 0 Å². The molecule has 0 unspecified atom stereocenters. The highest BCUT2D eigenvalue weighted by Crippen LogP contribution is 2.25. The number of nitrogens with one attached hydrogen (secondary N) is 2. The number of rotatable bonds is 7. The fourth-order valence-electron chi connectivity index (χ4n) is 2.20. The fraction of sp³-hybridized carbons (Fsp3) is 0.643. The van der Waals surface area contributed by atoms with Crippen LogP contribution in [-0.2, 0) is 23.9 Å². The molecular formula is C14H23N3O6. The molecule has 1 aliphatic heterocycles. The summed E-state index contributed by atoms with van der Waals surface area (Å²) in [7, 11) is 0. The second kappa shape index (κ2) is 8.49. The summed E-state index contributed by atoms with van der Waals surface area (Å²) in [6, 6.07) is -1.95. The van der Waals surface area contributed by atoms with E-state index in [4.69, 9.17) is 15.2 Å². The van der Waals surface area contributed by atoms with Crippen LogP contribution in [0.3, 0.4) is 0 Å². The molecule has 0 aromatic heterocycles. The maximum Gasteiger partial charge on any atom is 0.371 e. The Morgan fingerprint density at radius 1 is 1.35 bits per heavy atom. The normalized spacial score (nSPS) is 23.9. The van der Waals surface area contributed by atoms with Gasteiger partial charge in [-0.05, 0) is 13.3 Å². The lowest BCUT2D eigenvalue weighted by Gasteiger charge is -2.37. The molecule has 0 aromatic rings. The van der Waals surface area contributed by atoms with E-state index in [9.17, 15) is 19.5 Å². The van der Waals surface area contributed by atoms with Crippen LogP contribution in [0.2, 0.25) is 0 Å². The predicted octanol–water partition coefficient (Wildman–Crippen LogP) is -0.924. The summed E-state index contributed by atoms with van der Waals surface area (Å²) in [5, 5.41) is 14.4. The van der Waals surface area contributed by atoms with Crippen molar-refractivity contribution in [3.63, 3.8) is 0 Å². The molecule has 130 valence electrons. The van der Waals surface area contributed by atoms with Crippen LogP contribution in [0, 0.1) is 0 Å². The smallest absolute Gasteiger partial charge is 0.371 e. The maximum atomic E-state index is 12.2. The van der Waals surface area contributed by atoms with E-state index in [2.05, 4.69) is 10.6 Å². The van der Waals surface area contributed by atoms with Crippen molar-refractivity contribution in [1.29, 1.82) is 0 Å². The summed E-state index contributed by atoms with van der Waals surface area (Å²) in [5.41, 5.74) is 5.81. The van der Waals surface area contributed by atoms with Gasteiger partial charge in [-0.2, -0.15) is 0 Å². The van der Waals surface area contributed by atoms with Crippen LogP contribution in [0.1, 0.15) is 27.2 Å². The summed E-state index contributed by atoms with van der Waals surface area (Å²) in [5.74, 6) is -3.02. The first-order chi connectivity index (χ1) is 10.8. The SMILES string of the molecule is CCCNC(=O)C1=C(C(=O)O)O[C@@H](OCC)[C@H](NC(C)=O)[C@H]1N. The van der Waals surface area contributed by atoms with Crippen molar-refractivity contribution in [2.45, 2.75) is 45.6 Å². The third-order valence-electron chi connectivity index (χ3n) is 3.17. The van der Waals surface area contributed by atoms with E-state index in [0.29, 0.717) is 13.0 Å². The number of carboxylic acid groups (broad SMARTS) is 1. The third kappa shape index (κ3) is 4.67. The molecular weight excluding hydrogens is 306 g/mol. The number of carbonyl (C=O) groups excluding carboxylic acids is 2. The van der Waals surface area contributed by atoms with E-state index in [-0.39, 0.29) is 12.2 Å². The first-order valence-corrected chi connectivity index (χ1v) is 7.40. The average Bonchev–Trinajstić information content (AvgIpc) is 2.47. The lowest BCUT2D eigenvalue weighted by Crippen LogP contribution is -2.60. The van der Waals surface area contributed by atoms with Crippen LogP contribution >= 0.6 is 0 Å². The molecule has 0 aromatic carbocycles. The summed E-state index contributed by atoms with van der Waals surface area (Å²) in [4.78, 5) is 35.0. The molecule has 3 atom stereocenters. The largest absolute Gasteiger partial charge is 0.475 e. The van der Waals surface area contributed by atoms with Crippen LogP contribution in [-0.4, -0.2) is 54.4 Å². The van der Waals surface area contributed by atoms with Crippen molar-refractivity contribution in [2.24, 2.45) is 5.73 Å². The van der Waals surface area contributed by atoms with Crippen LogP contribution in [0.4, 0.5) is 0 Å². The van der Waals surface area contributed by atoms with Crippen molar-refractivity contribution in [1.82, 2.24) is 10.6 Å². The molecule has 9 nitrogen and oxygen atoms in total. The molecule has 23 heavy (non-hydrogen) atoms. The van der Waals surface area contributed by atoms with Crippen LogP contribution in [0.5, 0.6) is 0 Å². The highest BCUT2D eigenvalue weighted by molar-refractivity contribution is 6.02. The number of carboxylic acids is 1. The van der Waals surface area contributed by atoms with Gasteiger partial charge in [-0.25, -0.2) is 4.79 Å². The zero-order chi connectivity index (χ0) is 17.6. The van der Waals surface area contributed by atoms with Gasteiger partial charge >= 0.3 is 5.97 Å². The van der Waals surface area contributed by atoms with Gasteiger partial charge in [0.25, 0.3) is 5.91 Å². The minimum Gasteiger partial charge on any atom is -0.475 e. The van der Waals surface area contributed by atoms with E-state index >= 15 is 0 Å². The van der Waals surface area contributed by atoms with E-state index in [1.165, 1.54) is 6.92 Å². The van der Waals surface area contributed by atoms with Crippen molar-refractivity contribution >= 4 is 17.8 Å². The van der Waals surface area contributed by atoms with Gasteiger partial charge in [0.1, 0.15) is 6.04 Å². The van der Waals surface area contributed by atoms with Gasteiger partial charge in [-0.1, -0.05) is 6.92 Å². The van der Waals surface area contributed by atoms with Gasteiger partial charge in [0.05, 0.1) is 11.6 Å². The minimum atomic E-state index is -1.42. The summed E-state index contributed by atoms with van der Waals surface area (Å²) < 4.78 is 10.6. The predicted molar refractivity (Wildman–Crippen MR) is 80.0 cm³/mol. The Bertz CT molecular complexity index is 505. The molecule has 1 aliphatic rings. The van der Waals surface area contributed by atoms with Gasteiger partial charge < -0.3 is 30.9 Å². The number of aliphatic carboxylic acids is 1. The van der Waals surface area contributed by atoms with Crippen LogP contribution in [0.15, 0.2) is 11.3 Å². The Labute approximate surface area is 134 Å². The molecule has 0 bridgehead atoms. The molecule has 0 fully saturated rings. The molecule has 0 saturated heterocycles. The van der Waals surface area contributed by atoms with Crippen molar-refractivity contribution in [3.05, 3.63) is 11.3 Å². The van der Waals surface area contributed by atoms with Gasteiger partial charge in [-0.3, -0.25) is 9.59 Å². The number of carbonyl (C=O) groups is 3. The first kappa shape index (κ1) is 18.9. The van der Waals surface area contributed by atoms with Crippen molar-refractivity contribution < 1.29 is 29.0 Å². The second-order valence-corrected chi connectivity index (χ2v) is 5.00. The molecule has 1 rings (SSSR count). The quantitative estimate of drug-likeness (QED) is 0.473. The van der Waals surface area contributed by atoms with Crippen molar-refractivity contribution in [3.8, 4) is 0 Å². The van der Waals surface area contributed by atoms with Gasteiger partial charge in [0, 0.05) is 20.1 Å². The summed E-state index contributed by atoms with van der Waals surface area (Å²) in [6.45, 7) is 5.41. The number of ether oxygens (including phenoxy) is 2. The first-order valence-electron chi connectivity index (χ1n) is 7.40. The molecule has 0 aliphatic carbocycles. The number of nitrogens with two attached hydrogens (primary N) is 1. The zero-order valence-electron chi connectivity index (χ0n) is 13.4. The Kier molecular flexibility index (Phi) is 6.98. The maximum absolute atomic E-state index is 12.2. The second-order valence-electron chi connectivity index (χ2n) is 5.00. The van der Waals surface area contributed by atoms with E-state index < -0.39 is 41.9 Å². The zero-order valence-corrected chi connectivity index (χ0v) is 13.4. The average molecular weight is 329 g/mol. The monoisotopic (exact) mass is 329 g/mol. The minimum absolute atomic E-state index is 0.220. The highest BCUT2D eigenvalue weighted by Gasteiger charge is 2.43. The van der Waals surface area contributed by atoms with Gasteiger partial charge in [0.2, 0.25) is 18.0 Å². The fourth-order valence-corrected chi connectivity index (χ4v) is 2.20. The van der Waals surface area contributed by atoms with Crippen molar-refractivity contribution in [2.75, 3.05) is 13.2 Å². The molecule has 0 saturated carbocycles. The molecule has 0 spiro atoms. The van der Waals surface area contributed by atoms with Crippen LogP contribution < -0.4 is 16.4 Å². The van der Waals surface area contributed by atoms with E-state index in [0.717, 1.165) is 0 Å². The summed E-state index contributed by atoms with van der Waals surface area (Å²) >= 11 is 0. The number of hydrogen-bond donors (Lipinski definition) is 4. The lowest BCUT2D eigenvalue weighted by atomic mass is 9.94. The molecule has 9 heteroatoms. The lowest BCUT2D eigenvalue weighted by molar-refractivity contribution is -0.166. The standard InChI is InChI=1S/C14H23N3O6/c1-4-6-16-12(19)8-9(15)10(17-7(3)18)14(22-5-2)23-11(8)13(20)21/h9-10,14H,4-6,15H2,1-3H3,(H,16,19)(H,17,18)(H,20,21)/t9-,10+,14+/m0/s1. The Balaban J connectivity index is 3.22. The Morgan fingerprint density at radius 3 is 2.48 bits per heavy atom. The molecule has 5 N–H and O–H groups in total. The van der Waals surface area contributed by atoms with E-state index in [1.54, 1.807) is 6.92 Å². The van der Waals surface area contributed by atoms with Gasteiger partial charge in [-0.15, -0.1) is 0 Å². The molecule has 2 amide bonds. The highest BCUT2D eigenvalue weighted by atomic mass is 16.7. The number of hydrogen-bond acceptors (Lipinski definition) is 6. The van der Waals surface area contributed by atoms with Crippen LogP contribution in [0.25, 0.3) is 0 Å². The Morgan fingerprint density at radius 2 is 2.00 bits per heavy atom. The molecule has 0 radical (unpaired) electrons. The van der Waals surface area contributed by atoms with E-state index in [1.807, 2.05) is 6.92 Å². The topological polar surface area (TPSA) is 140 Å². The Hall–Kier alpha value is -2.13.